The fourth-order valence-corrected chi connectivity index (χ4v) is 2.10. The maximum atomic E-state index is 11.7. The Morgan fingerprint density at radius 2 is 2.07 bits per heavy atom. The largest absolute Gasteiger partial charge is 0.464 e. The summed E-state index contributed by atoms with van der Waals surface area (Å²) in [5.41, 5.74) is 1.29. The fourth-order valence-electron chi connectivity index (χ4n) is 2.03. The molecule has 0 amide bonds. The first-order valence-corrected chi connectivity index (χ1v) is 5.82. The molecule has 0 N–H and O–H groups in total. The Balaban J connectivity index is 2.58. The van der Waals surface area contributed by atoms with Crippen molar-refractivity contribution < 1.29 is 9.53 Å². The highest BCUT2D eigenvalue weighted by atomic mass is 35.5. The van der Waals surface area contributed by atoms with Crippen molar-refractivity contribution in [3.8, 4) is 0 Å². The van der Waals surface area contributed by atoms with Gasteiger partial charge in [0, 0.05) is 0 Å². The number of hydrogen-bond acceptors (Lipinski definition) is 2. The first kappa shape index (κ1) is 12.6. The molecule has 1 fully saturated rings. The van der Waals surface area contributed by atoms with E-state index in [0.717, 1.165) is 0 Å². The van der Waals surface area contributed by atoms with Crippen LogP contribution in [0.5, 0.6) is 0 Å². The van der Waals surface area contributed by atoms with Gasteiger partial charge in [-0.15, -0.1) is 11.6 Å². The molecule has 0 aromatic carbocycles. The predicted molar refractivity (Wildman–Crippen MR) is 61.9 cm³/mol. The van der Waals surface area contributed by atoms with E-state index in [0.29, 0.717) is 18.4 Å². The molecular weight excluding hydrogens is 212 g/mol. The highest BCUT2D eigenvalue weighted by molar-refractivity contribution is 6.18. The zero-order valence-corrected chi connectivity index (χ0v) is 10.6. The summed E-state index contributed by atoms with van der Waals surface area (Å²) in [5.74, 6) is 0.593. The number of alkyl halides is 1. The van der Waals surface area contributed by atoms with E-state index in [9.17, 15) is 4.79 Å². The third-order valence-corrected chi connectivity index (χ3v) is 3.15. The van der Waals surface area contributed by atoms with Crippen molar-refractivity contribution in [3.63, 3.8) is 0 Å². The van der Waals surface area contributed by atoms with Crippen LogP contribution in [0, 0.1) is 17.3 Å². The number of ether oxygens (including phenoxy) is 1. The van der Waals surface area contributed by atoms with Crippen LogP contribution in [-0.2, 0) is 9.53 Å². The summed E-state index contributed by atoms with van der Waals surface area (Å²) in [6, 6.07) is 0. The van der Waals surface area contributed by atoms with Gasteiger partial charge >= 0.3 is 5.97 Å². The summed E-state index contributed by atoms with van der Waals surface area (Å²) in [6.45, 7) is 8.62. The molecule has 2 atom stereocenters. The molecule has 1 aliphatic carbocycles. The smallest absolute Gasteiger partial charge is 0.310 e. The van der Waals surface area contributed by atoms with Crippen LogP contribution >= 0.6 is 11.6 Å². The van der Waals surface area contributed by atoms with Gasteiger partial charge in [-0.3, -0.25) is 4.79 Å². The summed E-state index contributed by atoms with van der Waals surface area (Å²) in [6.07, 6.45) is 2.16. The average molecular weight is 231 g/mol. The van der Waals surface area contributed by atoms with E-state index in [1.807, 2.05) is 0 Å². The molecule has 0 unspecified atom stereocenters. The quantitative estimate of drug-likeness (QED) is 0.422. The van der Waals surface area contributed by atoms with E-state index in [2.05, 4.69) is 33.8 Å². The van der Waals surface area contributed by atoms with Gasteiger partial charge in [0.05, 0.1) is 11.8 Å². The summed E-state index contributed by atoms with van der Waals surface area (Å²) in [7, 11) is 0. The van der Waals surface area contributed by atoms with Crippen LogP contribution in [0.3, 0.4) is 0 Å². The maximum absolute atomic E-state index is 11.7. The van der Waals surface area contributed by atoms with Crippen molar-refractivity contribution in [3.05, 3.63) is 11.6 Å². The Bertz CT molecular complexity index is 277. The molecular formula is C12H19ClO2. The van der Waals surface area contributed by atoms with Crippen LogP contribution < -0.4 is 0 Å². The number of halogens is 1. The summed E-state index contributed by atoms with van der Waals surface area (Å²) < 4.78 is 5.06. The maximum Gasteiger partial charge on any atom is 0.310 e. The highest BCUT2D eigenvalue weighted by Gasteiger charge is 2.61. The van der Waals surface area contributed by atoms with Crippen LogP contribution in [0.1, 0.15) is 27.7 Å². The Labute approximate surface area is 96.6 Å². The van der Waals surface area contributed by atoms with Crippen LogP contribution in [0.4, 0.5) is 0 Å². The molecule has 0 radical (unpaired) electrons. The number of allylic oxidation sites excluding steroid dienone is 2. The summed E-state index contributed by atoms with van der Waals surface area (Å²) in [5, 5.41) is 0. The lowest BCUT2D eigenvalue weighted by atomic mass is 10.1. The molecule has 2 nitrogen and oxygen atoms in total. The third kappa shape index (κ3) is 2.75. The first-order chi connectivity index (χ1) is 6.91. The third-order valence-electron chi connectivity index (χ3n) is 3.00. The molecule has 0 saturated heterocycles. The van der Waals surface area contributed by atoms with Gasteiger partial charge in [0.2, 0.25) is 0 Å². The second kappa shape index (κ2) is 4.56. The van der Waals surface area contributed by atoms with Gasteiger partial charge < -0.3 is 4.74 Å². The lowest BCUT2D eigenvalue weighted by Crippen LogP contribution is -2.12. The van der Waals surface area contributed by atoms with Crippen molar-refractivity contribution in [1.82, 2.24) is 0 Å². The van der Waals surface area contributed by atoms with Gasteiger partial charge in [-0.1, -0.05) is 25.5 Å². The van der Waals surface area contributed by atoms with Crippen LogP contribution in [-0.4, -0.2) is 18.5 Å². The van der Waals surface area contributed by atoms with E-state index in [4.69, 9.17) is 16.3 Å². The molecule has 86 valence electrons. The molecule has 1 saturated carbocycles. The molecule has 1 aliphatic rings. The van der Waals surface area contributed by atoms with Gasteiger partial charge in [0.1, 0.15) is 6.61 Å². The van der Waals surface area contributed by atoms with Gasteiger partial charge in [-0.05, 0) is 25.2 Å². The van der Waals surface area contributed by atoms with Crippen molar-refractivity contribution in [2.75, 3.05) is 12.5 Å². The lowest BCUT2D eigenvalue weighted by molar-refractivity contribution is -0.145. The average Bonchev–Trinajstić information content (AvgIpc) is 2.63. The number of rotatable bonds is 4. The normalized spacial score (nSPS) is 27.0. The monoisotopic (exact) mass is 230 g/mol. The van der Waals surface area contributed by atoms with E-state index in [1.165, 1.54) is 5.57 Å². The Hall–Kier alpha value is -0.500. The topological polar surface area (TPSA) is 26.3 Å². The Kier molecular flexibility index (Phi) is 3.82. The minimum Gasteiger partial charge on any atom is -0.464 e. The molecule has 0 spiro atoms. The number of hydrogen-bond donors (Lipinski definition) is 0. The van der Waals surface area contributed by atoms with Crippen molar-refractivity contribution in [2.24, 2.45) is 17.3 Å². The van der Waals surface area contributed by atoms with Crippen molar-refractivity contribution in [2.45, 2.75) is 27.7 Å². The van der Waals surface area contributed by atoms with E-state index < -0.39 is 0 Å². The minimum absolute atomic E-state index is 0.00983. The van der Waals surface area contributed by atoms with Crippen molar-refractivity contribution >= 4 is 17.6 Å². The molecule has 0 bridgehead atoms. The van der Waals surface area contributed by atoms with E-state index >= 15 is 0 Å². The fraction of sp³-hybridized carbons (Fsp3) is 0.750. The zero-order valence-electron chi connectivity index (χ0n) is 9.84. The molecule has 0 aliphatic heterocycles. The van der Waals surface area contributed by atoms with Gasteiger partial charge in [-0.25, -0.2) is 0 Å². The van der Waals surface area contributed by atoms with Crippen LogP contribution in [0.25, 0.3) is 0 Å². The van der Waals surface area contributed by atoms with Crippen LogP contribution in [0.2, 0.25) is 0 Å². The highest BCUT2D eigenvalue weighted by Crippen LogP contribution is 2.59. The van der Waals surface area contributed by atoms with Gasteiger partial charge in [-0.2, -0.15) is 0 Å². The molecule has 3 heteroatoms. The SMILES string of the molecule is CC(C)=C[C@H]1[C@H](C(=O)OCCCl)C1(C)C. The number of carbonyl (C=O) groups is 1. The van der Waals surface area contributed by atoms with Gasteiger partial charge in [0.25, 0.3) is 0 Å². The van der Waals surface area contributed by atoms with E-state index in [1.54, 1.807) is 0 Å². The second-order valence-electron chi connectivity index (χ2n) is 4.93. The lowest BCUT2D eigenvalue weighted by Gasteiger charge is -2.02. The van der Waals surface area contributed by atoms with Crippen LogP contribution in [0.15, 0.2) is 11.6 Å². The van der Waals surface area contributed by atoms with E-state index in [-0.39, 0.29) is 17.3 Å². The van der Waals surface area contributed by atoms with Crippen molar-refractivity contribution in [1.29, 1.82) is 0 Å². The molecule has 1 rings (SSSR count). The molecule has 0 aromatic heterocycles. The number of esters is 1. The molecule has 15 heavy (non-hydrogen) atoms. The number of carbonyl (C=O) groups excluding carboxylic acids is 1. The Morgan fingerprint density at radius 3 is 2.53 bits per heavy atom. The van der Waals surface area contributed by atoms with Gasteiger partial charge in [0.15, 0.2) is 0 Å². The molecule has 0 aromatic rings. The molecule has 0 heterocycles. The summed E-state index contributed by atoms with van der Waals surface area (Å²) in [4.78, 5) is 11.7. The standard InChI is InChI=1S/C12H19ClO2/c1-8(2)7-9-10(12(9,3)4)11(14)15-6-5-13/h7,9-10H,5-6H2,1-4H3/t9-,10+/m0/s1. The minimum atomic E-state index is -0.108. The predicted octanol–water partition coefficient (Wildman–Crippen LogP) is 3.01. The first-order valence-electron chi connectivity index (χ1n) is 5.29. The summed E-state index contributed by atoms with van der Waals surface area (Å²) >= 11 is 5.47. The zero-order chi connectivity index (χ0) is 11.6. The Morgan fingerprint density at radius 1 is 1.47 bits per heavy atom. The second-order valence-corrected chi connectivity index (χ2v) is 5.30.